The summed E-state index contributed by atoms with van der Waals surface area (Å²) in [6.45, 7) is 2.08. The van der Waals surface area contributed by atoms with Crippen molar-refractivity contribution >= 4 is 33.4 Å². The van der Waals surface area contributed by atoms with Gasteiger partial charge in [0.15, 0.2) is 5.15 Å². The topological polar surface area (TPSA) is 57.4 Å². The number of aromatic nitrogens is 4. The molecule has 0 unspecified atom stereocenters. The number of hydrogen-bond donors (Lipinski definition) is 2. The van der Waals surface area contributed by atoms with Crippen LogP contribution in [0.2, 0.25) is 5.15 Å². The Kier molecular flexibility index (Phi) is 2.72. The van der Waals surface area contributed by atoms with Crippen molar-refractivity contribution in [3.63, 3.8) is 0 Å². The van der Waals surface area contributed by atoms with Gasteiger partial charge in [-0.05, 0) is 36.2 Å². The van der Waals surface area contributed by atoms with E-state index in [0.29, 0.717) is 5.15 Å². The van der Waals surface area contributed by atoms with E-state index in [1.807, 2.05) is 6.07 Å². The zero-order chi connectivity index (χ0) is 14.4. The molecule has 0 aliphatic carbocycles. The number of halogens is 1. The average Bonchev–Trinajstić information content (AvgIpc) is 3.03. The zero-order valence-corrected chi connectivity index (χ0v) is 12.2. The third kappa shape index (κ3) is 2.08. The SMILES string of the molecule is Cc1ccc2c(Cc3ccc4c(Cl)n[nH]c4c3)n[nH]c2c1. The van der Waals surface area contributed by atoms with Crippen LogP contribution in [0.15, 0.2) is 36.4 Å². The Morgan fingerprint density at radius 2 is 1.71 bits per heavy atom. The average molecular weight is 297 g/mol. The molecule has 4 nitrogen and oxygen atoms in total. The number of aromatic amines is 2. The van der Waals surface area contributed by atoms with Gasteiger partial charge < -0.3 is 0 Å². The molecule has 2 heterocycles. The lowest BCUT2D eigenvalue weighted by Crippen LogP contribution is -1.89. The molecule has 0 aliphatic heterocycles. The predicted octanol–water partition coefficient (Wildman–Crippen LogP) is 3.99. The highest BCUT2D eigenvalue weighted by molar-refractivity contribution is 6.34. The van der Waals surface area contributed by atoms with Crippen LogP contribution in [-0.4, -0.2) is 20.4 Å². The molecule has 0 saturated heterocycles. The number of nitrogens with one attached hydrogen (secondary N) is 2. The van der Waals surface area contributed by atoms with Crippen molar-refractivity contribution in [2.75, 3.05) is 0 Å². The number of nitrogens with zero attached hydrogens (tertiary/aromatic N) is 2. The Balaban J connectivity index is 1.75. The molecule has 0 fully saturated rings. The van der Waals surface area contributed by atoms with Crippen LogP contribution in [0.3, 0.4) is 0 Å². The number of H-pyrrole nitrogens is 2. The summed E-state index contributed by atoms with van der Waals surface area (Å²) in [7, 11) is 0. The Morgan fingerprint density at radius 1 is 0.952 bits per heavy atom. The molecule has 104 valence electrons. The summed E-state index contributed by atoms with van der Waals surface area (Å²) in [5.74, 6) is 0. The van der Waals surface area contributed by atoms with Gasteiger partial charge in [0.1, 0.15) is 0 Å². The Labute approximate surface area is 126 Å². The van der Waals surface area contributed by atoms with Gasteiger partial charge in [-0.2, -0.15) is 10.2 Å². The van der Waals surface area contributed by atoms with Crippen molar-refractivity contribution in [3.8, 4) is 0 Å². The molecule has 21 heavy (non-hydrogen) atoms. The highest BCUT2D eigenvalue weighted by Gasteiger charge is 2.09. The lowest BCUT2D eigenvalue weighted by Gasteiger charge is -2.00. The van der Waals surface area contributed by atoms with Crippen molar-refractivity contribution in [3.05, 3.63) is 58.4 Å². The van der Waals surface area contributed by atoms with Crippen LogP contribution in [0.5, 0.6) is 0 Å². The summed E-state index contributed by atoms with van der Waals surface area (Å²) in [6.07, 6.45) is 0.773. The fraction of sp³-hybridized carbons (Fsp3) is 0.125. The van der Waals surface area contributed by atoms with Crippen molar-refractivity contribution in [1.82, 2.24) is 20.4 Å². The van der Waals surface area contributed by atoms with Gasteiger partial charge >= 0.3 is 0 Å². The van der Waals surface area contributed by atoms with Crippen LogP contribution in [0, 0.1) is 6.92 Å². The third-order valence-electron chi connectivity index (χ3n) is 3.75. The van der Waals surface area contributed by atoms with E-state index in [9.17, 15) is 0 Å². The van der Waals surface area contributed by atoms with E-state index in [4.69, 9.17) is 11.6 Å². The maximum Gasteiger partial charge on any atom is 0.158 e. The van der Waals surface area contributed by atoms with Crippen LogP contribution in [-0.2, 0) is 6.42 Å². The maximum atomic E-state index is 6.00. The Morgan fingerprint density at radius 3 is 2.62 bits per heavy atom. The normalized spacial score (nSPS) is 11.5. The summed E-state index contributed by atoms with van der Waals surface area (Å²) in [5.41, 5.74) is 5.49. The largest absolute Gasteiger partial charge is 0.278 e. The molecule has 0 spiro atoms. The maximum absolute atomic E-state index is 6.00. The summed E-state index contributed by atoms with van der Waals surface area (Å²) in [4.78, 5) is 0. The van der Waals surface area contributed by atoms with Gasteiger partial charge in [0, 0.05) is 17.2 Å². The molecule has 4 rings (SSSR count). The van der Waals surface area contributed by atoms with E-state index in [1.54, 1.807) is 0 Å². The molecular formula is C16H13ClN4. The van der Waals surface area contributed by atoms with Gasteiger partial charge in [-0.15, -0.1) is 0 Å². The van der Waals surface area contributed by atoms with E-state index < -0.39 is 0 Å². The standard InChI is InChI=1S/C16H13ClN4/c1-9-2-4-11-13(6-9)18-19-14(11)7-10-3-5-12-15(8-10)20-21-16(12)17/h2-6,8H,7H2,1H3,(H,18,19)(H,20,21). The zero-order valence-electron chi connectivity index (χ0n) is 11.4. The minimum Gasteiger partial charge on any atom is -0.278 e. The van der Waals surface area contributed by atoms with Crippen molar-refractivity contribution in [2.45, 2.75) is 13.3 Å². The molecule has 5 heteroatoms. The summed E-state index contributed by atoms with van der Waals surface area (Å²) in [5, 5.41) is 17.1. The van der Waals surface area contributed by atoms with E-state index in [0.717, 1.165) is 28.5 Å². The van der Waals surface area contributed by atoms with Crippen LogP contribution in [0.25, 0.3) is 21.8 Å². The molecule has 0 saturated carbocycles. The predicted molar refractivity (Wildman–Crippen MR) is 84.7 cm³/mol. The second-order valence-corrected chi connectivity index (χ2v) is 5.65. The van der Waals surface area contributed by atoms with E-state index in [1.165, 1.54) is 16.5 Å². The molecule has 0 amide bonds. The number of rotatable bonds is 2. The van der Waals surface area contributed by atoms with Gasteiger partial charge in [0.05, 0.1) is 16.7 Å². The number of benzene rings is 2. The van der Waals surface area contributed by atoms with Crippen LogP contribution in [0.4, 0.5) is 0 Å². The molecule has 0 radical (unpaired) electrons. The molecular weight excluding hydrogens is 284 g/mol. The van der Waals surface area contributed by atoms with Crippen LogP contribution in [0.1, 0.15) is 16.8 Å². The van der Waals surface area contributed by atoms with Crippen LogP contribution < -0.4 is 0 Å². The second-order valence-electron chi connectivity index (χ2n) is 5.29. The molecule has 2 aromatic carbocycles. The lowest BCUT2D eigenvalue weighted by atomic mass is 10.0. The number of aryl methyl sites for hydroxylation is 1. The quantitative estimate of drug-likeness (QED) is 0.587. The highest BCUT2D eigenvalue weighted by Crippen LogP contribution is 2.24. The van der Waals surface area contributed by atoms with Crippen molar-refractivity contribution in [2.24, 2.45) is 0 Å². The molecule has 2 aromatic heterocycles. The molecule has 2 N–H and O–H groups in total. The summed E-state index contributed by atoms with van der Waals surface area (Å²) >= 11 is 6.00. The Bertz CT molecular complexity index is 951. The summed E-state index contributed by atoms with van der Waals surface area (Å²) in [6, 6.07) is 12.5. The van der Waals surface area contributed by atoms with Gasteiger partial charge in [-0.1, -0.05) is 29.8 Å². The first kappa shape index (κ1) is 12.4. The minimum absolute atomic E-state index is 0.511. The number of fused-ring (bicyclic) bond motifs is 2. The van der Waals surface area contributed by atoms with Crippen molar-refractivity contribution < 1.29 is 0 Å². The molecule has 0 bridgehead atoms. The van der Waals surface area contributed by atoms with Gasteiger partial charge in [0.25, 0.3) is 0 Å². The smallest absolute Gasteiger partial charge is 0.158 e. The fourth-order valence-corrected chi connectivity index (χ4v) is 2.87. The molecule has 0 aliphatic rings. The monoisotopic (exact) mass is 296 g/mol. The van der Waals surface area contributed by atoms with Gasteiger partial charge in [-0.3, -0.25) is 10.2 Å². The highest BCUT2D eigenvalue weighted by atomic mass is 35.5. The van der Waals surface area contributed by atoms with Gasteiger partial charge in [-0.25, -0.2) is 0 Å². The first-order valence-corrected chi connectivity index (χ1v) is 7.14. The fourth-order valence-electron chi connectivity index (χ4n) is 2.66. The molecule has 0 atom stereocenters. The van der Waals surface area contributed by atoms with Gasteiger partial charge in [0.2, 0.25) is 0 Å². The third-order valence-corrected chi connectivity index (χ3v) is 4.04. The second kappa shape index (κ2) is 4.60. The first-order chi connectivity index (χ1) is 10.2. The van der Waals surface area contributed by atoms with E-state index in [-0.39, 0.29) is 0 Å². The molecule has 4 aromatic rings. The van der Waals surface area contributed by atoms with E-state index >= 15 is 0 Å². The summed E-state index contributed by atoms with van der Waals surface area (Å²) < 4.78 is 0. The minimum atomic E-state index is 0.511. The van der Waals surface area contributed by atoms with Crippen molar-refractivity contribution in [1.29, 1.82) is 0 Å². The van der Waals surface area contributed by atoms with E-state index in [2.05, 4.69) is 57.7 Å². The Hall–Kier alpha value is -2.33. The first-order valence-electron chi connectivity index (χ1n) is 6.77. The van der Waals surface area contributed by atoms with Crippen LogP contribution >= 0.6 is 11.6 Å². The number of hydrogen-bond acceptors (Lipinski definition) is 2. The lowest BCUT2D eigenvalue weighted by molar-refractivity contribution is 1.01.